The summed E-state index contributed by atoms with van der Waals surface area (Å²) in [6, 6.07) is 2.77. The van der Waals surface area contributed by atoms with Crippen LogP contribution in [-0.2, 0) is 9.53 Å². The van der Waals surface area contributed by atoms with Crippen molar-refractivity contribution in [2.75, 3.05) is 13.7 Å². The Labute approximate surface area is 102 Å². The number of aryl methyl sites for hydroxylation is 1. The first-order valence-corrected chi connectivity index (χ1v) is 5.59. The van der Waals surface area contributed by atoms with Crippen LogP contribution in [0.1, 0.15) is 14.5 Å². The minimum absolute atomic E-state index is 0.426. The molecule has 0 fully saturated rings. The van der Waals surface area contributed by atoms with E-state index in [-0.39, 0.29) is 0 Å². The molecule has 1 heterocycles. The Morgan fingerprint density at radius 1 is 1.35 bits per heavy atom. The van der Waals surface area contributed by atoms with Crippen molar-refractivity contribution in [3.05, 3.63) is 21.9 Å². The van der Waals surface area contributed by atoms with Gasteiger partial charge in [-0.2, -0.15) is 0 Å². The van der Waals surface area contributed by atoms with E-state index in [2.05, 4.69) is 5.32 Å². The number of hydrogen-bond acceptors (Lipinski definition) is 5. The molecule has 0 radical (unpaired) electrons. The van der Waals surface area contributed by atoms with Gasteiger partial charge in [0.1, 0.15) is 4.88 Å². The number of imide groups is 1. The molecular weight excluding hydrogens is 244 g/mol. The number of amides is 3. The van der Waals surface area contributed by atoms with Crippen LogP contribution in [0.2, 0.25) is 0 Å². The smallest absolute Gasteiger partial charge is 0.348 e. The van der Waals surface area contributed by atoms with Gasteiger partial charge in [-0.1, -0.05) is 0 Å². The Balaban J connectivity index is 2.38. The second-order valence-electron chi connectivity index (χ2n) is 3.11. The second-order valence-corrected chi connectivity index (χ2v) is 4.40. The second kappa shape index (κ2) is 6.00. The zero-order valence-corrected chi connectivity index (χ0v) is 10.2. The molecule has 0 aromatic carbocycles. The van der Waals surface area contributed by atoms with Gasteiger partial charge in [-0.05, 0) is 19.1 Å². The van der Waals surface area contributed by atoms with Gasteiger partial charge in [0.25, 0.3) is 5.91 Å². The molecule has 0 saturated heterocycles. The molecule has 6 nitrogen and oxygen atoms in total. The maximum Gasteiger partial charge on any atom is 0.348 e. The number of rotatable bonds is 3. The normalized spacial score (nSPS) is 9.53. The summed E-state index contributed by atoms with van der Waals surface area (Å²) in [6.45, 7) is 1.38. The lowest BCUT2D eigenvalue weighted by atomic mass is 10.4. The topological polar surface area (TPSA) is 84.5 Å². The van der Waals surface area contributed by atoms with Gasteiger partial charge in [0.05, 0.1) is 0 Å². The first-order valence-electron chi connectivity index (χ1n) is 4.78. The molecule has 0 aliphatic carbocycles. The molecule has 0 bridgehead atoms. The van der Waals surface area contributed by atoms with Gasteiger partial charge in [-0.15, -0.1) is 11.3 Å². The summed E-state index contributed by atoms with van der Waals surface area (Å²) in [6.07, 6.45) is 0. The van der Waals surface area contributed by atoms with Crippen molar-refractivity contribution in [1.29, 1.82) is 0 Å². The number of esters is 1. The van der Waals surface area contributed by atoms with E-state index in [0.29, 0.717) is 4.88 Å². The Morgan fingerprint density at radius 2 is 2.06 bits per heavy atom. The third-order valence-electron chi connectivity index (χ3n) is 1.76. The summed E-state index contributed by atoms with van der Waals surface area (Å²) in [5, 5.41) is 4.19. The molecule has 3 amide bonds. The van der Waals surface area contributed by atoms with Crippen LogP contribution in [0, 0.1) is 6.92 Å². The van der Waals surface area contributed by atoms with Crippen molar-refractivity contribution in [1.82, 2.24) is 10.6 Å². The van der Waals surface area contributed by atoms with Crippen LogP contribution in [0.25, 0.3) is 0 Å². The fraction of sp³-hybridized carbons (Fsp3) is 0.300. The molecule has 7 heteroatoms. The van der Waals surface area contributed by atoms with E-state index in [1.165, 1.54) is 18.4 Å². The van der Waals surface area contributed by atoms with E-state index in [4.69, 9.17) is 4.74 Å². The Hall–Kier alpha value is -1.89. The molecule has 1 aromatic heterocycles. The van der Waals surface area contributed by atoms with E-state index in [1.54, 1.807) is 12.1 Å². The summed E-state index contributed by atoms with van der Waals surface area (Å²) in [5.74, 6) is -1.25. The predicted octanol–water partition coefficient (Wildman–Crippen LogP) is 0.669. The van der Waals surface area contributed by atoms with Crippen LogP contribution in [0.3, 0.4) is 0 Å². The molecule has 0 aliphatic heterocycles. The lowest BCUT2D eigenvalue weighted by molar-refractivity contribution is -0.123. The van der Waals surface area contributed by atoms with Crippen LogP contribution in [0.15, 0.2) is 12.1 Å². The third-order valence-corrected chi connectivity index (χ3v) is 2.74. The SMILES string of the molecule is CNC(=O)NC(=O)COC(=O)c1ccc(C)s1. The van der Waals surface area contributed by atoms with Crippen LogP contribution in [0.4, 0.5) is 4.79 Å². The zero-order chi connectivity index (χ0) is 12.8. The summed E-state index contributed by atoms with van der Waals surface area (Å²) < 4.78 is 4.73. The van der Waals surface area contributed by atoms with Gasteiger partial charge in [0.15, 0.2) is 6.61 Å². The summed E-state index contributed by atoms with van der Waals surface area (Å²) in [5.41, 5.74) is 0. The maximum absolute atomic E-state index is 11.4. The highest BCUT2D eigenvalue weighted by Gasteiger charge is 2.12. The largest absolute Gasteiger partial charge is 0.451 e. The van der Waals surface area contributed by atoms with Crippen LogP contribution in [-0.4, -0.2) is 31.6 Å². The highest BCUT2D eigenvalue weighted by Crippen LogP contribution is 2.15. The summed E-state index contributed by atoms with van der Waals surface area (Å²) >= 11 is 1.28. The number of thiophene rings is 1. The van der Waals surface area contributed by atoms with Crippen molar-refractivity contribution in [3.8, 4) is 0 Å². The average Bonchev–Trinajstić information content (AvgIpc) is 2.72. The van der Waals surface area contributed by atoms with Gasteiger partial charge in [0, 0.05) is 11.9 Å². The van der Waals surface area contributed by atoms with E-state index in [0.717, 1.165) is 4.88 Å². The lowest BCUT2D eigenvalue weighted by Crippen LogP contribution is -2.39. The Kier molecular flexibility index (Phi) is 4.65. The molecule has 0 atom stereocenters. The highest BCUT2D eigenvalue weighted by atomic mass is 32.1. The third kappa shape index (κ3) is 4.23. The molecule has 1 rings (SSSR count). The van der Waals surface area contributed by atoms with Gasteiger partial charge < -0.3 is 10.1 Å². The van der Waals surface area contributed by atoms with Crippen molar-refractivity contribution in [2.24, 2.45) is 0 Å². The fourth-order valence-corrected chi connectivity index (χ4v) is 1.73. The maximum atomic E-state index is 11.4. The molecule has 0 aliphatic rings. The standard InChI is InChI=1S/C10H12N2O4S/c1-6-3-4-7(17-6)9(14)16-5-8(13)12-10(15)11-2/h3-4H,5H2,1-2H3,(H2,11,12,13,15). The van der Waals surface area contributed by atoms with Crippen LogP contribution < -0.4 is 10.6 Å². The minimum Gasteiger partial charge on any atom is -0.451 e. The number of hydrogen-bond donors (Lipinski definition) is 2. The van der Waals surface area contributed by atoms with Gasteiger partial charge in [0.2, 0.25) is 0 Å². The van der Waals surface area contributed by atoms with Crippen molar-refractivity contribution < 1.29 is 19.1 Å². The highest BCUT2D eigenvalue weighted by molar-refractivity contribution is 7.13. The van der Waals surface area contributed by atoms with Crippen molar-refractivity contribution >= 4 is 29.2 Å². The molecule has 2 N–H and O–H groups in total. The van der Waals surface area contributed by atoms with Crippen molar-refractivity contribution in [2.45, 2.75) is 6.92 Å². The van der Waals surface area contributed by atoms with Crippen LogP contribution >= 0.6 is 11.3 Å². The minimum atomic E-state index is -0.675. The quantitative estimate of drug-likeness (QED) is 0.778. The number of carbonyl (C=O) groups excluding carboxylic acids is 3. The Bertz CT molecular complexity index is 441. The molecule has 0 saturated carbocycles. The van der Waals surface area contributed by atoms with Gasteiger partial charge in [-0.3, -0.25) is 10.1 Å². The zero-order valence-electron chi connectivity index (χ0n) is 9.40. The predicted molar refractivity (Wildman–Crippen MR) is 61.9 cm³/mol. The monoisotopic (exact) mass is 256 g/mol. The Morgan fingerprint density at radius 3 is 2.59 bits per heavy atom. The average molecular weight is 256 g/mol. The fourth-order valence-electron chi connectivity index (χ4n) is 0.972. The van der Waals surface area contributed by atoms with Gasteiger partial charge in [-0.25, -0.2) is 9.59 Å². The number of urea groups is 1. The number of carbonyl (C=O) groups is 3. The molecule has 17 heavy (non-hydrogen) atoms. The van der Waals surface area contributed by atoms with E-state index in [9.17, 15) is 14.4 Å². The molecule has 92 valence electrons. The molecule has 1 aromatic rings. The van der Waals surface area contributed by atoms with Gasteiger partial charge >= 0.3 is 12.0 Å². The van der Waals surface area contributed by atoms with E-state index >= 15 is 0 Å². The molecular formula is C10H12N2O4S. The summed E-state index contributed by atoms with van der Waals surface area (Å²) in [7, 11) is 1.38. The first kappa shape index (κ1) is 13.2. The molecule has 0 spiro atoms. The first-order chi connectivity index (χ1) is 8.02. The van der Waals surface area contributed by atoms with Crippen molar-refractivity contribution in [3.63, 3.8) is 0 Å². The van der Waals surface area contributed by atoms with Crippen LogP contribution in [0.5, 0.6) is 0 Å². The van der Waals surface area contributed by atoms with E-state index in [1.807, 2.05) is 12.2 Å². The van der Waals surface area contributed by atoms with E-state index < -0.39 is 24.5 Å². The lowest BCUT2D eigenvalue weighted by Gasteiger charge is -2.03. The number of ether oxygens (including phenoxy) is 1. The summed E-state index contributed by atoms with van der Waals surface area (Å²) in [4.78, 5) is 34.7. The number of nitrogens with one attached hydrogen (secondary N) is 2. The molecule has 0 unspecified atom stereocenters.